The minimum absolute atomic E-state index is 0.0237. The van der Waals surface area contributed by atoms with Crippen LogP contribution < -0.4 is 5.69 Å². The van der Waals surface area contributed by atoms with E-state index in [1.165, 1.54) is 19.3 Å². The number of hydrogen-bond donors (Lipinski definition) is 1. The average Bonchev–Trinajstić information content (AvgIpc) is 3.20. The molecule has 1 N–H and O–H groups in total. The molecule has 21 heavy (non-hydrogen) atoms. The lowest BCUT2D eigenvalue weighted by Crippen LogP contribution is -2.36. The molecule has 0 saturated heterocycles. The molecule has 0 spiro atoms. The van der Waals surface area contributed by atoms with Crippen LogP contribution in [0, 0.1) is 5.92 Å². The average molecular weight is 306 g/mol. The van der Waals surface area contributed by atoms with Gasteiger partial charge in [0, 0.05) is 24.2 Å². The van der Waals surface area contributed by atoms with Gasteiger partial charge in [0.15, 0.2) is 0 Å². The van der Waals surface area contributed by atoms with Gasteiger partial charge in [0.05, 0.1) is 11.0 Å². The minimum atomic E-state index is -0.0237. The summed E-state index contributed by atoms with van der Waals surface area (Å²) < 4.78 is 1.88. The van der Waals surface area contributed by atoms with Crippen LogP contribution in [0.5, 0.6) is 0 Å². The van der Waals surface area contributed by atoms with Crippen molar-refractivity contribution in [3.05, 3.63) is 33.2 Å². The molecule has 0 amide bonds. The number of halogens is 1. The largest absolute Gasteiger partial charge is 0.326 e. The molecular formula is C16H20ClN3O. The summed E-state index contributed by atoms with van der Waals surface area (Å²) in [5, 5.41) is 0.697. The lowest BCUT2D eigenvalue weighted by atomic mass is 10.1. The summed E-state index contributed by atoms with van der Waals surface area (Å²) in [6.45, 7) is 4.95. The van der Waals surface area contributed by atoms with Gasteiger partial charge in [-0.05, 0) is 43.5 Å². The molecule has 4 nitrogen and oxygen atoms in total. The molecule has 1 fully saturated rings. The van der Waals surface area contributed by atoms with E-state index in [0.29, 0.717) is 11.1 Å². The summed E-state index contributed by atoms with van der Waals surface area (Å²) in [5.41, 5.74) is 3.03. The molecule has 1 atom stereocenters. The summed E-state index contributed by atoms with van der Waals surface area (Å²) in [5.74, 6) is 0.933. The molecule has 0 radical (unpaired) electrons. The molecule has 2 aromatic rings. The van der Waals surface area contributed by atoms with Crippen LogP contribution in [-0.2, 0) is 13.1 Å². The third kappa shape index (κ3) is 2.40. The zero-order valence-electron chi connectivity index (χ0n) is 12.2. The predicted octanol–water partition coefficient (Wildman–Crippen LogP) is 2.99. The molecule has 1 aliphatic heterocycles. The van der Waals surface area contributed by atoms with Crippen LogP contribution in [-0.4, -0.2) is 27.0 Å². The number of aromatic nitrogens is 2. The molecule has 1 aromatic carbocycles. The van der Waals surface area contributed by atoms with E-state index >= 15 is 0 Å². The van der Waals surface area contributed by atoms with Crippen molar-refractivity contribution in [2.24, 2.45) is 5.92 Å². The van der Waals surface area contributed by atoms with Crippen molar-refractivity contribution in [3.63, 3.8) is 0 Å². The van der Waals surface area contributed by atoms with E-state index in [2.05, 4.69) is 16.8 Å². The predicted molar refractivity (Wildman–Crippen MR) is 84.8 cm³/mol. The lowest BCUT2D eigenvalue weighted by Gasteiger charge is -2.27. The number of rotatable bonds is 3. The van der Waals surface area contributed by atoms with Crippen LogP contribution in [0.15, 0.2) is 16.9 Å². The molecule has 5 heteroatoms. The first-order valence-electron chi connectivity index (χ1n) is 7.77. The highest BCUT2D eigenvalue weighted by Crippen LogP contribution is 2.33. The zero-order valence-corrected chi connectivity index (χ0v) is 13.0. The van der Waals surface area contributed by atoms with E-state index in [0.717, 1.165) is 42.1 Å². The van der Waals surface area contributed by atoms with Crippen molar-refractivity contribution in [2.75, 3.05) is 6.54 Å². The van der Waals surface area contributed by atoms with Gasteiger partial charge in [-0.3, -0.25) is 9.47 Å². The van der Waals surface area contributed by atoms with E-state index in [9.17, 15) is 4.79 Å². The maximum absolute atomic E-state index is 12.2. The van der Waals surface area contributed by atoms with Crippen molar-refractivity contribution in [1.82, 2.24) is 14.5 Å². The maximum Gasteiger partial charge on any atom is 0.326 e. The van der Waals surface area contributed by atoms with Crippen LogP contribution in [0.4, 0.5) is 0 Å². The zero-order chi connectivity index (χ0) is 14.6. The van der Waals surface area contributed by atoms with Crippen molar-refractivity contribution in [1.29, 1.82) is 0 Å². The van der Waals surface area contributed by atoms with Crippen LogP contribution in [0.1, 0.15) is 31.7 Å². The second-order valence-corrected chi connectivity index (χ2v) is 6.99. The SMILES string of the molecule is C[C@H]1Cn2c(=O)[nH]c3cc(Cl)cc(c32)CN1CCC1CC1. The molecule has 0 bridgehead atoms. The number of H-pyrrole nitrogens is 1. The number of nitrogens with zero attached hydrogens (tertiary/aromatic N) is 2. The topological polar surface area (TPSA) is 41.0 Å². The molecule has 1 saturated carbocycles. The molecule has 112 valence electrons. The Labute approximate surface area is 128 Å². The van der Waals surface area contributed by atoms with Gasteiger partial charge in [-0.1, -0.05) is 24.4 Å². The second kappa shape index (κ2) is 4.89. The molecule has 4 rings (SSSR count). The Morgan fingerprint density at radius 2 is 2.19 bits per heavy atom. The van der Waals surface area contributed by atoms with Crippen molar-refractivity contribution in [2.45, 2.75) is 45.3 Å². The maximum atomic E-state index is 12.2. The van der Waals surface area contributed by atoms with Gasteiger partial charge in [-0.2, -0.15) is 0 Å². The standard InChI is InChI=1S/C16H20ClN3O/c1-10-8-20-15-12(9-19(10)5-4-11-2-3-11)6-13(17)7-14(15)18-16(20)21/h6-7,10-11H,2-5,8-9H2,1H3,(H,18,21)/t10-/m0/s1. The first kappa shape index (κ1) is 13.4. The quantitative estimate of drug-likeness (QED) is 0.947. The number of imidazole rings is 1. The first-order valence-corrected chi connectivity index (χ1v) is 8.14. The van der Waals surface area contributed by atoms with Gasteiger partial charge in [-0.25, -0.2) is 4.79 Å². The number of aromatic amines is 1. The summed E-state index contributed by atoms with van der Waals surface area (Å²) in [4.78, 5) is 17.6. The Kier molecular flexibility index (Phi) is 3.12. The van der Waals surface area contributed by atoms with Gasteiger partial charge >= 0.3 is 5.69 Å². The van der Waals surface area contributed by atoms with Crippen molar-refractivity contribution < 1.29 is 0 Å². The van der Waals surface area contributed by atoms with Crippen molar-refractivity contribution in [3.8, 4) is 0 Å². The lowest BCUT2D eigenvalue weighted by molar-refractivity contribution is 0.183. The minimum Gasteiger partial charge on any atom is -0.305 e. The third-order valence-electron chi connectivity index (χ3n) is 4.88. The summed E-state index contributed by atoms with van der Waals surface area (Å²) >= 11 is 6.21. The molecule has 0 unspecified atom stereocenters. The number of benzene rings is 1. The Hall–Kier alpha value is -1.26. The number of nitrogens with one attached hydrogen (secondary N) is 1. The third-order valence-corrected chi connectivity index (χ3v) is 5.09. The van der Waals surface area contributed by atoms with Crippen LogP contribution in [0.2, 0.25) is 5.02 Å². The van der Waals surface area contributed by atoms with Crippen LogP contribution >= 0.6 is 11.6 Å². The highest BCUT2D eigenvalue weighted by Gasteiger charge is 2.27. The smallest absolute Gasteiger partial charge is 0.305 e. The summed E-state index contributed by atoms with van der Waals surface area (Å²) in [6.07, 6.45) is 4.06. The Bertz CT molecular complexity index is 744. The fourth-order valence-electron chi connectivity index (χ4n) is 3.46. The molecule has 1 aromatic heterocycles. The highest BCUT2D eigenvalue weighted by molar-refractivity contribution is 6.31. The second-order valence-electron chi connectivity index (χ2n) is 6.55. The summed E-state index contributed by atoms with van der Waals surface area (Å²) in [6, 6.07) is 4.23. The highest BCUT2D eigenvalue weighted by atomic mass is 35.5. The molecule has 2 aliphatic rings. The van der Waals surface area contributed by atoms with Crippen LogP contribution in [0.3, 0.4) is 0 Å². The fourth-order valence-corrected chi connectivity index (χ4v) is 3.70. The van der Waals surface area contributed by atoms with E-state index in [4.69, 9.17) is 11.6 Å². The van der Waals surface area contributed by atoms with Crippen molar-refractivity contribution >= 4 is 22.6 Å². The van der Waals surface area contributed by atoms with E-state index in [1.54, 1.807) is 0 Å². The Balaban J connectivity index is 1.74. The Morgan fingerprint density at radius 1 is 1.38 bits per heavy atom. The Morgan fingerprint density at radius 3 is 2.95 bits per heavy atom. The summed E-state index contributed by atoms with van der Waals surface area (Å²) in [7, 11) is 0. The normalized spacial score (nSPS) is 22.7. The number of hydrogen-bond acceptors (Lipinski definition) is 2. The fraction of sp³-hybridized carbons (Fsp3) is 0.562. The van der Waals surface area contributed by atoms with E-state index in [-0.39, 0.29) is 5.69 Å². The molecule has 2 heterocycles. The van der Waals surface area contributed by atoms with Crippen LogP contribution in [0.25, 0.3) is 11.0 Å². The van der Waals surface area contributed by atoms with Gasteiger partial charge in [-0.15, -0.1) is 0 Å². The van der Waals surface area contributed by atoms with E-state index < -0.39 is 0 Å². The van der Waals surface area contributed by atoms with Gasteiger partial charge in [0.1, 0.15) is 0 Å². The van der Waals surface area contributed by atoms with Gasteiger partial charge in [0.2, 0.25) is 0 Å². The first-order chi connectivity index (χ1) is 10.1. The van der Waals surface area contributed by atoms with Gasteiger partial charge < -0.3 is 4.98 Å². The van der Waals surface area contributed by atoms with Gasteiger partial charge in [0.25, 0.3) is 0 Å². The van der Waals surface area contributed by atoms with E-state index in [1.807, 2.05) is 16.7 Å². The monoisotopic (exact) mass is 305 g/mol. The molecule has 1 aliphatic carbocycles. The molecular weight excluding hydrogens is 286 g/mol.